The van der Waals surface area contributed by atoms with E-state index in [1.165, 1.54) is 53.4 Å². The van der Waals surface area contributed by atoms with Gasteiger partial charge in [-0.25, -0.2) is 0 Å². The third-order valence-corrected chi connectivity index (χ3v) is 13.7. The van der Waals surface area contributed by atoms with E-state index in [4.69, 9.17) is 11.6 Å². The van der Waals surface area contributed by atoms with Crippen LogP contribution >= 0.6 is 11.6 Å². The number of benzene rings is 7. The van der Waals surface area contributed by atoms with Gasteiger partial charge in [0.05, 0.1) is 0 Å². The van der Waals surface area contributed by atoms with Gasteiger partial charge in [-0.1, -0.05) is 157 Å². The largest absolute Gasteiger partial charge is 0.180 e. The molecule has 188 valence electrons. The maximum atomic E-state index is 6.75. The van der Waals surface area contributed by atoms with Crippen molar-refractivity contribution in [2.24, 2.45) is 0 Å². The molecule has 2 heteroatoms. The van der Waals surface area contributed by atoms with E-state index < -0.39 is 8.07 Å². The fourth-order valence-electron chi connectivity index (χ4n) is 6.78. The Hall–Kier alpha value is -4.43. The van der Waals surface area contributed by atoms with Gasteiger partial charge in [-0.15, -0.1) is 0 Å². The maximum absolute atomic E-state index is 6.75. The molecule has 0 fully saturated rings. The van der Waals surface area contributed by atoms with Crippen molar-refractivity contribution in [1.82, 2.24) is 0 Å². The van der Waals surface area contributed by atoms with E-state index in [2.05, 4.69) is 140 Å². The number of fused-ring (bicyclic) bond motifs is 5. The molecule has 0 atom stereocenters. The number of hydrogen-bond acceptors (Lipinski definition) is 0. The van der Waals surface area contributed by atoms with Crippen molar-refractivity contribution in [2.45, 2.75) is 0 Å². The van der Waals surface area contributed by atoms with Crippen molar-refractivity contribution in [3.63, 3.8) is 0 Å². The molecule has 0 N–H and O–H groups in total. The van der Waals surface area contributed by atoms with Crippen molar-refractivity contribution < 1.29 is 0 Å². The minimum Gasteiger partial charge on any atom is -0.0837 e. The summed E-state index contributed by atoms with van der Waals surface area (Å²) in [6.07, 6.45) is 0. The molecule has 0 bridgehead atoms. The quantitative estimate of drug-likeness (QED) is 0.200. The third-order valence-electron chi connectivity index (χ3n) is 8.59. The first-order chi connectivity index (χ1) is 19.7. The summed E-state index contributed by atoms with van der Waals surface area (Å²) in [5.74, 6) is 0. The molecular formula is C38H25ClSi. The SMILES string of the molecule is Clc1ccccc1-c1ccc2c(c1)[Si](c1ccc3ccccc3c1)(c1ccc3ccccc3c1)c1ccccc1-2. The van der Waals surface area contributed by atoms with Crippen molar-refractivity contribution in [1.29, 1.82) is 0 Å². The molecule has 0 saturated heterocycles. The number of hydrogen-bond donors (Lipinski definition) is 0. The summed E-state index contributed by atoms with van der Waals surface area (Å²) in [6.45, 7) is 0. The number of rotatable bonds is 3. The molecule has 0 amide bonds. The molecule has 7 aromatic rings. The number of halogens is 1. The maximum Gasteiger partial charge on any atom is 0.180 e. The highest BCUT2D eigenvalue weighted by Gasteiger charge is 2.48. The summed E-state index contributed by atoms with van der Waals surface area (Å²) in [7, 11) is -2.69. The summed E-state index contributed by atoms with van der Waals surface area (Å²) in [5, 5.41) is 11.6. The van der Waals surface area contributed by atoms with Crippen LogP contribution < -0.4 is 20.7 Å². The Morgan fingerprint density at radius 1 is 0.375 bits per heavy atom. The predicted octanol–water partition coefficient (Wildman–Crippen LogP) is 7.67. The van der Waals surface area contributed by atoms with Gasteiger partial charge in [0.25, 0.3) is 0 Å². The second-order valence-electron chi connectivity index (χ2n) is 10.7. The van der Waals surface area contributed by atoms with Gasteiger partial charge in [0, 0.05) is 10.6 Å². The zero-order valence-corrected chi connectivity index (χ0v) is 23.6. The molecule has 0 aliphatic carbocycles. The highest BCUT2D eigenvalue weighted by molar-refractivity contribution is 7.22. The Balaban J connectivity index is 1.52. The summed E-state index contributed by atoms with van der Waals surface area (Å²) < 4.78 is 0. The Kier molecular flexibility index (Phi) is 5.31. The topological polar surface area (TPSA) is 0 Å². The van der Waals surface area contributed by atoms with E-state index in [1.807, 2.05) is 12.1 Å². The molecule has 8 rings (SSSR count). The first kappa shape index (κ1) is 23.5. The minimum atomic E-state index is -2.69. The Morgan fingerprint density at radius 2 is 0.900 bits per heavy atom. The predicted molar refractivity (Wildman–Crippen MR) is 175 cm³/mol. The molecule has 0 aromatic heterocycles. The molecule has 1 heterocycles. The average Bonchev–Trinajstić information content (AvgIpc) is 3.31. The van der Waals surface area contributed by atoms with Crippen LogP contribution in [0.25, 0.3) is 43.8 Å². The van der Waals surface area contributed by atoms with Gasteiger partial charge < -0.3 is 0 Å². The van der Waals surface area contributed by atoms with Gasteiger partial charge in [-0.05, 0) is 65.0 Å². The molecule has 0 saturated carbocycles. The monoisotopic (exact) mass is 544 g/mol. The first-order valence-corrected chi connectivity index (χ1v) is 16.1. The van der Waals surface area contributed by atoms with Crippen LogP contribution in [0, 0.1) is 0 Å². The lowest BCUT2D eigenvalue weighted by Gasteiger charge is -2.32. The fourth-order valence-corrected chi connectivity index (χ4v) is 12.3. The van der Waals surface area contributed by atoms with E-state index in [0.29, 0.717) is 0 Å². The van der Waals surface area contributed by atoms with Gasteiger partial charge in [0.15, 0.2) is 8.07 Å². The van der Waals surface area contributed by atoms with Crippen LogP contribution in [-0.2, 0) is 0 Å². The van der Waals surface area contributed by atoms with Gasteiger partial charge in [-0.2, -0.15) is 0 Å². The van der Waals surface area contributed by atoms with Crippen LogP contribution in [0.4, 0.5) is 0 Å². The van der Waals surface area contributed by atoms with Gasteiger partial charge in [-0.3, -0.25) is 0 Å². The molecule has 1 aliphatic heterocycles. The lowest BCUT2D eigenvalue weighted by atomic mass is 10.0. The fraction of sp³-hybridized carbons (Fsp3) is 0. The standard InChI is InChI=1S/C38H25ClSi/c39-36-15-7-5-13-33(36)30-19-22-35-34-14-6-8-16-37(34)40(38(35)25-30,31-20-17-26-9-1-3-11-28(26)23-31)32-21-18-27-10-2-4-12-29(27)24-32/h1-25H. The van der Waals surface area contributed by atoms with Crippen molar-refractivity contribution in [2.75, 3.05) is 0 Å². The first-order valence-electron chi connectivity index (χ1n) is 13.7. The summed E-state index contributed by atoms with van der Waals surface area (Å²) >= 11 is 6.75. The van der Waals surface area contributed by atoms with Gasteiger partial charge >= 0.3 is 0 Å². The highest BCUT2D eigenvalue weighted by Crippen LogP contribution is 2.34. The van der Waals surface area contributed by atoms with Crippen LogP contribution in [0.1, 0.15) is 0 Å². The molecule has 0 unspecified atom stereocenters. The summed E-state index contributed by atoms with van der Waals surface area (Å²) in [5.41, 5.74) is 4.91. The molecule has 1 aliphatic rings. The van der Waals surface area contributed by atoms with Crippen LogP contribution in [0.5, 0.6) is 0 Å². The normalized spacial score (nSPS) is 13.3. The van der Waals surface area contributed by atoms with E-state index in [0.717, 1.165) is 16.1 Å². The smallest absolute Gasteiger partial charge is 0.0837 e. The highest BCUT2D eigenvalue weighted by atomic mass is 35.5. The Labute approximate surface area is 240 Å². The van der Waals surface area contributed by atoms with Crippen LogP contribution in [0.15, 0.2) is 152 Å². The second kappa shape index (κ2) is 9.06. The van der Waals surface area contributed by atoms with E-state index in [1.54, 1.807) is 0 Å². The molecule has 40 heavy (non-hydrogen) atoms. The second-order valence-corrected chi connectivity index (χ2v) is 14.8. The molecule has 7 aromatic carbocycles. The lowest BCUT2D eigenvalue weighted by molar-refractivity contribution is 1.63. The third kappa shape index (κ3) is 3.38. The van der Waals surface area contributed by atoms with E-state index >= 15 is 0 Å². The molecule has 0 radical (unpaired) electrons. The van der Waals surface area contributed by atoms with Crippen molar-refractivity contribution in [3.05, 3.63) is 157 Å². The zero-order chi connectivity index (χ0) is 26.7. The van der Waals surface area contributed by atoms with Crippen LogP contribution in [-0.4, -0.2) is 8.07 Å². The van der Waals surface area contributed by atoms with Gasteiger partial charge in [0.2, 0.25) is 0 Å². The summed E-state index contributed by atoms with van der Waals surface area (Å²) in [4.78, 5) is 0. The van der Waals surface area contributed by atoms with Gasteiger partial charge in [0.1, 0.15) is 0 Å². The molecule has 0 nitrogen and oxygen atoms in total. The summed E-state index contributed by atoms with van der Waals surface area (Å²) in [6, 6.07) is 55.9. The zero-order valence-electron chi connectivity index (χ0n) is 21.8. The molecule has 0 spiro atoms. The van der Waals surface area contributed by atoms with Crippen LogP contribution in [0.2, 0.25) is 5.02 Å². The van der Waals surface area contributed by atoms with Crippen molar-refractivity contribution >= 4 is 62.0 Å². The van der Waals surface area contributed by atoms with Crippen molar-refractivity contribution in [3.8, 4) is 22.3 Å². The van der Waals surface area contributed by atoms with E-state index in [9.17, 15) is 0 Å². The van der Waals surface area contributed by atoms with E-state index in [-0.39, 0.29) is 0 Å². The lowest BCUT2D eigenvalue weighted by Crippen LogP contribution is -2.72. The Bertz CT molecular complexity index is 2010. The minimum absolute atomic E-state index is 0.779. The van der Waals surface area contributed by atoms with Crippen LogP contribution in [0.3, 0.4) is 0 Å². The molecular weight excluding hydrogens is 520 g/mol. The Morgan fingerprint density at radius 3 is 1.55 bits per heavy atom. The average molecular weight is 545 g/mol.